The van der Waals surface area contributed by atoms with Gasteiger partial charge in [0.25, 0.3) is 0 Å². The molecule has 0 amide bonds. The summed E-state index contributed by atoms with van der Waals surface area (Å²) in [7, 11) is 0. The maximum Gasteiger partial charge on any atom is 0.214 e. The minimum absolute atomic E-state index is 0.309. The van der Waals surface area contributed by atoms with E-state index in [9.17, 15) is 0 Å². The van der Waals surface area contributed by atoms with Gasteiger partial charge in [-0.15, -0.1) is 0 Å². The molecule has 0 aliphatic carbocycles. The summed E-state index contributed by atoms with van der Waals surface area (Å²) in [5, 5.41) is 0.402. The van der Waals surface area contributed by atoms with Crippen molar-refractivity contribution in [3.63, 3.8) is 0 Å². The van der Waals surface area contributed by atoms with Crippen LogP contribution in [0.3, 0.4) is 0 Å². The molecule has 1 saturated heterocycles. The summed E-state index contributed by atoms with van der Waals surface area (Å²) in [6.45, 7) is 20.3. The average Bonchev–Trinajstić information content (AvgIpc) is 1.93. The van der Waals surface area contributed by atoms with Crippen molar-refractivity contribution < 1.29 is 0 Å². The number of hydrogen-bond acceptors (Lipinski definition) is 1. The van der Waals surface area contributed by atoms with Crippen molar-refractivity contribution in [2.45, 2.75) is 71.9 Å². The predicted molar refractivity (Wildman–Crippen MR) is 68.1 cm³/mol. The third-order valence-electron chi connectivity index (χ3n) is 3.66. The van der Waals surface area contributed by atoms with E-state index in [1.54, 1.807) is 0 Å². The van der Waals surface area contributed by atoms with Crippen molar-refractivity contribution in [2.24, 2.45) is 0 Å². The summed E-state index contributed by atoms with van der Waals surface area (Å²) in [6, 6.07) is 0. The fourth-order valence-electron chi connectivity index (χ4n) is 3.16. The van der Waals surface area contributed by atoms with Crippen molar-refractivity contribution in [1.29, 1.82) is 0 Å². The van der Waals surface area contributed by atoms with Gasteiger partial charge in [0, 0.05) is 0 Å². The van der Waals surface area contributed by atoms with E-state index in [1.165, 1.54) is 0 Å². The van der Waals surface area contributed by atoms with E-state index in [2.05, 4.69) is 60.0 Å². The molecule has 1 rings (SSSR count). The molecule has 1 aliphatic heterocycles. The van der Waals surface area contributed by atoms with Crippen LogP contribution < -0.4 is 0 Å². The zero-order valence-corrected chi connectivity index (χ0v) is 11.2. The summed E-state index contributed by atoms with van der Waals surface area (Å²) < 4.78 is 2.68. The lowest BCUT2D eigenvalue weighted by Crippen LogP contribution is -2.73. The molecule has 1 nitrogen and oxygen atoms in total. The Hall–Kier alpha value is 0.0899. The smallest absolute Gasteiger partial charge is 0.214 e. The maximum absolute atomic E-state index is 2.68. The molecule has 1 unspecified atom stereocenters. The van der Waals surface area contributed by atoms with E-state index in [0.717, 1.165) is 19.4 Å². The SMILES string of the molecule is CB1C(C)B(C(C)(C)C)N1C(C)(C)C. The molecule has 0 saturated carbocycles. The molecule has 1 heterocycles. The lowest BCUT2D eigenvalue weighted by Gasteiger charge is -2.60. The van der Waals surface area contributed by atoms with Crippen LogP contribution in [0.4, 0.5) is 0 Å². The summed E-state index contributed by atoms with van der Waals surface area (Å²) in [5.41, 5.74) is 1.14. The van der Waals surface area contributed by atoms with Crippen LogP contribution in [0, 0.1) is 0 Å². The molecular weight excluding hydrogens is 168 g/mol. The van der Waals surface area contributed by atoms with Crippen LogP contribution in [0.2, 0.25) is 17.9 Å². The summed E-state index contributed by atoms with van der Waals surface area (Å²) in [4.78, 5) is 0. The van der Waals surface area contributed by atoms with Gasteiger partial charge in [-0.25, -0.2) is 0 Å². The lowest BCUT2D eigenvalue weighted by atomic mass is 9.12. The molecule has 0 radical (unpaired) electrons. The standard InChI is InChI=1S/C11H25B2N/c1-9-12(8)14(11(5,6)7)13(9)10(2,3)4/h9H,1-8H3. The summed E-state index contributed by atoms with van der Waals surface area (Å²) in [5.74, 6) is 0. The first-order chi connectivity index (χ1) is 6.07. The minimum atomic E-state index is 0.309. The van der Waals surface area contributed by atoms with Crippen molar-refractivity contribution in [1.82, 2.24) is 4.72 Å². The molecule has 0 aromatic heterocycles. The molecule has 1 fully saturated rings. The molecule has 0 N–H and O–H groups in total. The Morgan fingerprint density at radius 1 is 1.00 bits per heavy atom. The number of hydrogen-bond donors (Lipinski definition) is 0. The topological polar surface area (TPSA) is 3.24 Å². The Morgan fingerprint density at radius 3 is 1.64 bits per heavy atom. The fourth-order valence-corrected chi connectivity index (χ4v) is 3.16. The van der Waals surface area contributed by atoms with E-state index in [4.69, 9.17) is 0 Å². The van der Waals surface area contributed by atoms with Gasteiger partial charge in [0.15, 0.2) is 0 Å². The second-order valence-electron chi connectivity index (χ2n) is 6.99. The van der Waals surface area contributed by atoms with E-state index >= 15 is 0 Å². The van der Waals surface area contributed by atoms with E-state index in [-0.39, 0.29) is 0 Å². The number of rotatable bonds is 0. The highest BCUT2D eigenvalue weighted by atomic mass is 15.1. The van der Waals surface area contributed by atoms with Gasteiger partial charge in [0.05, 0.1) is 0 Å². The normalized spacial score (nSPS) is 25.3. The summed E-state index contributed by atoms with van der Waals surface area (Å²) in [6.07, 6.45) is 0. The molecule has 1 atom stereocenters. The average molecular weight is 193 g/mol. The van der Waals surface area contributed by atoms with Crippen LogP contribution in [0.5, 0.6) is 0 Å². The van der Waals surface area contributed by atoms with Crippen LogP contribution in [-0.2, 0) is 0 Å². The molecule has 1 aliphatic rings. The van der Waals surface area contributed by atoms with Gasteiger partial charge in [0.2, 0.25) is 13.7 Å². The molecule has 0 aromatic carbocycles. The second-order valence-corrected chi connectivity index (χ2v) is 6.99. The Bertz CT molecular complexity index is 190. The largest absolute Gasteiger partial charge is 0.380 e. The third kappa shape index (κ3) is 1.88. The molecule has 0 spiro atoms. The third-order valence-corrected chi connectivity index (χ3v) is 3.66. The van der Waals surface area contributed by atoms with E-state index in [0.29, 0.717) is 10.9 Å². The van der Waals surface area contributed by atoms with E-state index in [1.807, 2.05) is 0 Å². The maximum atomic E-state index is 2.68. The lowest BCUT2D eigenvalue weighted by molar-refractivity contribution is 0.324. The first-order valence-corrected chi connectivity index (χ1v) is 5.85. The minimum Gasteiger partial charge on any atom is -0.380 e. The molecular formula is C11H25B2N. The molecule has 14 heavy (non-hydrogen) atoms. The molecule has 0 bridgehead atoms. The zero-order valence-electron chi connectivity index (χ0n) is 11.2. The monoisotopic (exact) mass is 193 g/mol. The van der Waals surface area contributed by atoms with Crippen molar-refractivity contribution >= 4 is 13.7 Å². The Labute approximate surface area is 90.8 Å². The van der Waals surface area contributed by atoms with Crippen LogP contribution in [0.25, 0.3) is 0 Å². The van der Waals surface area contributed by atoms with Gasteiger partial charge in [-0.2, -0.15) is 0 Å². The molecule has 0 aromatic rings. The highest BCUT2D eigenvalue weighted by molar-refractivity contribution is 6.93. The number of nitrogens with zero attached hydrogens (tertiary/aromatic N) is 1. The quantitative estimate of drug-likeness (QED) is 0.532. The Kier molecular flexibility index (Phi) is 2.86. The first kappa shape index (κ1) is 12.2. The van der Waals surface area contributed by atoms with Gasteiger partial charge >= 0.3 is 0 Å². The van der Waals surface area contributed by atoms with Crippen molar-refractivity contribution in [3.8, 4) is 0 Å². The molecule has 3 heteroatoms. The Balaban J connectivity index is 2.86. The predicted octanol–water partition coefficient (Wildman–Crippen LogP) is 3.44. The second kappa shape index (κ2) is 3.30. The van der Waals surface area contributed by atoms with Gasteiger partial charge < -0.3 is 4.72 Å². The first-order valence-electron chi connectivity index (χ1n) is 5.85. The Morgan fingerprint density at radius 2 is 1.43 bits per heavy atom. The van der Waals surface area contributed by atoms with E-state index < -0.39 is 0 Å². The highest BCUT2D eigenvalue weighted by Gasteiger charge is 2.56. The van der Waals surface area contributed by atoms with Gasteiger partial charge in [-0.3, -0.25) is 0 Å². The van der Waals surface area contributed by atoms with Gasteiger partial charge in [0.1, 0.15) is 0 Å². The fraction of sp³-hybridized carbons (Fsp3) is 1.00. The molecule has 80 valence electrons. The van der Waals surface area contributed by atoms with Gasteiger partial charge in [-0.1, -0.05) is 40.2 Å². The van der Waals surface area contributed by atoms with Gasteiger partial charge in [-0.05, 0) is 31.6 Å². The van der Waals surface area contributed by atoms with Crippen LogP contribution in [0.1, 0.15) is 48.5 Å². The van der Waals surface area contributed by atoms with Crippen molar-refractivity contribution in [3.05, 3.63) is 0 Å². The van der Waals surface area contributed by atoms with Crippen molar-refractivity contribution in [2.75, 3.05) is 0 Å². The zero-order chi connectivity index (χ0) is 11.3. The summed E-state index contributed by atoms with van der Waals surface area (Å²) >= 11 is 0. The van der Waals surface area contributed by atoms with Crippen LogP contribution in [0.15, 0.2) is 0 Å². The van der Waals surface area contributed by atoms with Crippen LogP contribution in [-0.4, -0.2) is 24.0 Å². The van der Waals surface area contributed by atoms with Crippen LogP contribution >= 0.6 is 0 Å². The highest BCUT2D eigenvalue weighted by Crippen LogP contribution is 2.48.